The van der Waals surface area contributed by atoms with Gasteiger partial charge in [-0.2, -0.15) is 13.2 Å². The summed E-state index contributed by atoms with van der Waals surface area (Å²) < 4.78 is 37.4. The molecule has 1 N–H and O–H groups in total. The monoisotopic (exact) mass is 229 g/mol. The molecule has 4 heteroatoms. The zero-order chi connectivity index (χ0) is 12.2. The van der Waals surface area contributed by atoms with Gasteiger partial charge in [-0.05, 0) is 24.2 Å². The Morgan fingerprint density at radius 1 is 1.44 bits per heavy atom. The topological polar surface area (TPSA) is 12.0 Å². The molecule has 0 radical (unpaired) electrons. The lowest BCUT2D eigenvalue weighted by molar-refractivity contribution is -0.137. The Bertz CT molecular complexity index is 358. The minimum absolute atomic E-state index is 0.243. The van der Waals surface area contributed by atoms with Crippen LogP contribution in [0.2, 0.25) is 0 Å². The molecule has 1 atom stereocenters. The minimum atomic E-state index is -4.30. The highest BCUT2D eigenvalue weighted by Gasteiger charge is 2.30. The number of halogens is 3. The number of hydrogen-bond acceptors (Lipinski definition) is 1. The van der Waals surface area contributed by atoms with Crippen molar-refractivity contribution >= 4 is 0 Å². The smallest absolute Gasteiger partial charge is 0.307 e. The van der Waals surface area contributed by atoms with E-state index in [0.29, 0.717) is 12.1 Å². The maximum absolute atomic E-state index is 12.5. The third kappa shape index (κ3) is 3.10. The molecule has 1 aromatic rings. The van der Waals surface area contributed by atoms with Crippen LogP contribution in [-0.4, -0.2) is 6.54 Å². The maximum atomic E-state index is 12.5. The van der Waals surface area contributed by atoms with Gasteiger partial charge < -0.3 is 5.32 Å². The van der Waals surface area contributed by atoms with Gasteiger partial charge in [0, 0.05) is 0 Å². The summed E-state index contributed by atoms with van der Waals surface area (Å²) in [6.45, 7) is 6.17. The highest BCUT2D eigenvalue weighted by molar-refractivity contribution is 5.29. The minimum Gasteiger partial charge on any atom is -0.307 e. The SMILES string of the molecule is C=CC(NCC)c1cccc(C(F)(F)F)c1. The van der Waals surface area contributed by atoms with Crippen LogP contribution in [0.3, 0.4) is 0 Å². The van der Waals surface area contributed by atoms with Crippen LogP contribution in [0.5, 0.6) is 0 Å². The molecule has 0 spiro atoms. The van der Waals surface area contributed by atoms with Crippen molar-refractivity contribution in [2.75, 3.05) is 6.54 Å². The zero-order valence-corrected chi connectivity index (χ0v) is 9.01. The molecule has 16 heavy (non-hydrogen) atoms. The van der Waals surface area contributed by atoms with Gasteiger partial charge in [-0.15, -0.1) is 6.58 Å². The second kappa shape index (κ2) is 5.16. The van der Waals surface area contributed by atoms with Gasteiger partial charge in [-0.3, -0.25) is 0 Å². The molecule has 1 nitrogen and oxygen atoms in total. The van der Waals surface area contributed by atoms with E-state index in [9.17, 15) is 13.2 Å². The number of nitrogens with one attached hydrogen (secondary N) is 1. The summed E-state index contributed by atoms with van der Waals surface area (Å²) in [5.74, 6) is 0. The standard InChI is InChI=1S/C12H14F3N/c1-3-11(16-4-2)9-6-5-7-10(8-9)12(13,14)15/h3,5-8,11,16H,1,4H2,2H3. The lowest BCUT2D eigenvalue weighted by atomic mass is 10.0. The van der Waals surface area contributed by atoms with E-state index in [0.717, 1.165) is 12.1 Å². The predicted molar refractivity (Wildman–Crippen MR) is 58.1 cm³/mol. The van der Waals surface area contributed by atoms with E-state index in [2.05, 4.69) is 11.9 Å². The van der Waals surface area contributed by atoms with E-state index in [-0.39, 0.29) is 6.04 Å². The van der Waals surface area contributed by atoms with E-state index >= 15 is 0 Å². The highest BCUT2D eigenvalue weighted by atomic mass is 19.4. The summed E-state index contributed by atoms with van der Waals surface area (Å²) in [4.78, 5) is 0. The number of benzene rings is 1. The van der Waals surface area contributed by atoms with Gasteiger partial charge in [-0.1, -0.05) is 25.1 Å². The predicted octanol–water partition coefficient (Wildman–Crippen LogP) is 3.54. The van der Waals surface area contributed by atoms with Crippen LogP contribution in [0.4, 0.5) is 13.2 Å². The molecule has 0 saturated carbocycles. The fraction of sp³-hybridized carbons (Fsp3) is 0.333. The van der Waals surface area contributed by atoms with Crippen LogP contribution in [0, 0.1) is 0 Å². The van der Waals surface area contributed by atoms with Crippen molar-refractivity contribution in [2.45, 2.75) is 19.1 Å². The summed E-state index contributed by atoms with van der Waals surface area (Å²) in [5.41, 5.74) is -0.0542. The molecule has 0 aromatic heterocycles. The summed E-state index contributed by atoms with van der Waals surface area (Å²) >= 11 is 0. The quantitative estimate of drug-likeness (QED) is 0.778. The molecule has 0 saturated heterocycles. The Morgan fingerprint density at radius 2 is 2.12 bits per heavy atom. The van der Waals surface area contributed by atoms with Crippen molar-refractivity contribution in [3.63, 3.8) is 0 Å². The fourth-order valence-electron chi connectivity index (χ4n) is 1.47. The molecule has 0 aliphatic rings. The lowest BCUT2D eigenvalue weighted by Crippen LogP contribution is -2.19. The number of hydrogen-bond donors (Lipinski definition) is 1. The summed E-state index contributed by atoms with van der Waals surface area (Å²) in [7, 11) is 0. The Kier molecular flexibility index (Phi) is 4.12. The van der Waals surface area contributed by atoms with Gasteiger partial charge in [0.2, 0.25) is 0 Å². The van der Waals surface area contributed by atoms with E-state index in [4.69, 9.17) is 0 Å². The molecule has 0 aliphatic carbocycles. The Hall–Kier alpha value is -1.29. The molecule has 1 aromatic carbocycles. The average Bonchev–Trinajstić information content (AvgIpc) is 2.25. The van der Waals surface area contributed by atoms with Crippen molar-refractivity contribution in [2.24, 2.45) is 0 Å². The summed E-state index contributed by atoms with van der Waals surface area (Å²) in [5, 5.41) is 3.04. The fourth-order valence-corrected chi connectivity index (χ4v) is 1.47. The van der Waals surface area contributed by atoms with Gasteiger partial charge in [0.05, 0.1) is 11.6 Å². The number of rotatable bonds is 4. The summed E-state index contributed by atoms with van der Waals surface area (Å²) in [6.07, 6.45) is -2.70. The van der Waals surface area contributed by atoms with E-state index in [1.54, 1.807) is 12.1 Å². The van der Waals surface area contributed by atoms with Gasteiger partial charge in [-0.25, -0.2) is 0 Å². The van der Waals surface area contributed by atoms with Gasteiger partial charge >= 0.3 is 6.18 Å². The molecule has 0 heterocycles. The van der Waals surface area contributed by atoms with Crippen molar-refractivity contribution in [3.8, 4) is 0 Å². The van der Waals surface area contributed by atoms with E-state index in [1.165, 1.54) is 6.07 Å². The van der Waals surface area contributed by atoms with Crippen LogP contribution in [0.15, 0.2) is 36.9 Å². The molecule has 1 unspecified atom stereocenters. The van der Waals surface area contributed by atoms with Crippen LogP contribution in [-0.2, 0) is 6.18 Å². The molecule has 0 amide bonds. The molecule has 0 fully saturated rings. The first kappa shape index (κ1) is 12.8. The average molecular weight is 229 g/mol. The van der Waals surface area contributed by atoms with Crippen molar-refractivity contribution in [1.29, 1.82) is 0 Å². The zero-order valence-electron chi connectivity index (χ0n) is 9.01. The lowest BCUT2D eigenvalue weighted by Gasteiger charge is -2.15. The van der Waals surface area contributed by atoms with Gasteiger partial charge in [0.25, 0.3) is 0 Å². The highest BCUT2D eigenvalue weighted by Crippen LogP contribution is 2.30. The second-order valence-corrected chi connectivity index (χ2v) is 3.39. The Labute approximate surface area is 93.0 Å². The molecule has 0 bridgehead atoms. The molecular weight excluding hydrogens is 215 g/mol. The molecular formula is C12H14F3N. The van der Waals surface area contributed by atoms with Crippen molar-refractivity contribution in [1.82, 2.24) is 5.32 Å². The Morgan fingerprint density at radius 3 is 2.62 bits per heavy atom. The van der Waals surface area contributed by atoms with Crippen LogP contribution in [0.1, 0.15) is 24.1 Å². The summed E-state index contributed by atoms with van der Waals surface area (Å²) in [6, 6.07) is 5.04. The molecule has 1 rings (SSSR count). The molecule has 0 aliphatic heterocycles. The third-order valence-corrected chi connectivity index (χ3v) is 2.23. The van der Waals surface area contributed by atoms with Crippen LogP contribution in [0.25, 0.3) is 0 Å². The van der Waals surface area contributed by atoms with Crippen LogP contribution >= 0.6 is 0 Å². The Balaban J connectivity index is 3.01. The number of likely N-dealkylation sites (N-methyl/N-ethyl adjacent to an activating group) is 1. The normalized spacial score (nSPS) is 13.5. The van der Waals surface area contributed by atoms with Gasteiger partial charge in [0.15, 0.2) is 0 Å². The second-order valence-electron chi connectivity index (χ2n) is 3.39. The first-order valence-electron chi connectivity index (χ1n) is 5.02. The third-order valence-electron chi connectivity index (χ3n) is 2.23. The van der Waals surface area contributed by atoms with Crippen LogP contribution < -0.4 is 5.32 Å². The van der Waals surface area contributed by atoms with E-state index < -0.39 is 11.7 Å². The van der Waals surface area contributed by atoms with E-state index in [1.807, 2.05) is 6.92 Å². The largest absolute Gasteiger partial charge is 0.416 e. The maximum Gasteiger partial charge on any atom is 0.416 e. The van der Waals surface area contributed by atoms with Gasteiger partial charge in [0.1, 0.15) is 0 Å². The number of alkyl halides is 3. The van der Waals surface area contributed by atoms with Crippen molar-refractivity contribution < 1.29 is 13.2 Å². The molecule has 88 valence electrons. The first-order valence-corrected chi connectivity index (χ1v) is 5.02. The van der Waals surface area contributed by atoms with Crippen molar-refractivity contribution in [3.05, 3.63) is 48.0 Å². The first-order chi connectivity index (χ1) is 7.49.